The summed E-state index contributed by atoms with van der Waals surface area (Å²) in [5.74, 6) is -0.113. The Morgan fingerprint density at radius 3 is 2.73 bits per heavy atom. The van der Waals surface area contributed by atoms with Crippen LogP contribution in [0.2, 0.25) is 0 Å². The Labute approximate surface area is 87.3 Å². The highest BCUT2D eigenvalue weighted by Gasteiger charge is 2.10. The van der Waals surface area contributed by atoms with Crippen LogP contribution in [0.1, 0.15) is 16.8 Å². The van der Waals surface area contributed by atoms with Crippen molar-refractivity contribution in [2.45, 2.75) is 6.42 Å². The molecule has 0 unspecified atom stereocenters. The highest BCUT2D eigenvalue weighted by Crippen LogP contribution is 2.11. The first-order chi connectivity index (χ1) is 7.36. The maximum Gasteiger partial charge on any atom is 0.344 e. The first kappa shape index (κ1) is 9.58. The van der Waals surface area contributed by atoms with Crippen LogP contribution in [-0.4, -0.2) is 12.5 Å². The summed E-state index contributed by atoms with van der Waals surface area (Å²) >= 11 is 0. The number of carbonyl (C=O) groups is 1. The molecule has 0 aromatic heterocycles. The normalized spacial score (nSPS) is 14.5. The molecular weight excluding hydrogens is 192 g/mol. The van der Waals surface area contributed by atoms with Gasteiger partial charge in [-0.25, -0.2) is 4.79 Å². The van der Waals surface area contributed by atoms with Gasteiger partial charge in [-0.05, 0) is 24.6 Å². The van der Waals surface area contributed by atoms with E-state index in [9.17, 15) is 4.79 Å². The molecule has 1 aliphatic rings. The molecule has 76 valence electrons. The molecule has 0 aliphatic carbocycles. The summed E-state index contributed by atoms with van der Waals surface area (Å²) in [5, 5.41) is 7.52. The lowest BCUT2D eigenvalue weighted by Gasteiger charge is -2.05. The monoisotopic (exact) mass is 202 g/mol. The number of esters is 1. The topological polar surface area (TPSA) is 51.0 Å². The molecule has 0 amide bonds. The summed E-state index contributed by atoms with van der Waals surface area (Å²) in [6, 6.07) is 8.81. The smallest absolute Gasteiger partial charge is 0.344 e. The van der Waals surface area contributed by atoms with Crippen LogP contribution in [0.5, 0.6) is 0 Å². The predicted molar refractivity (Wildman–Crippen MR) is 54.3 cm³/mol. The fraction of sp³-hybridized carbons (Fsp3) is 0.182. The zero-order chi connectivity index (χ0) is 10.5. The van der Waals surface area contributed by atoms with Crippen LogP contribution in [0.4, 0.5) is 0 Å². The van der Waals surface area contributed by atoms with Gasteiger partial charge in [0.05, 0.1) is 12.1 Å². The van der Waals surface area contributed by atoms with Crippen molar-refractivity contribution >= 4 is 5.97 Å². The number of hydrogen-bond donors (Lipinski definition) is 0. The molecule has 1 heterocycles. The molecule has 0 spiro atoms. The van der Waals surface area contributed by atoms with Crippen molar-refractivity contribution in [3.05, 3.63) is 47.9 Å². The van der Waals surface area contributed by atoms with E-state index in [1.165, 1.54) is 0 Å². The Hall–Kier alpha value is -1.97. The van der Waals surface area contributed by atoms with Gasteiger partial charge in [0.25, 0.3) is 0 Å². The maximum atomic E-state index is 11.5. The number of nitrogens with zero attached hydrogens (tertiary/aromatic N) is 2. The van der Waals surface area contributed by atoms with Crippen molar-refractivity contribution in [3.63, 3.8) is 0 Å². The van der Waals surface area contributed by atoms with E-state index in [1.54, 1.807) is 30.3 Å². The van der Waals surface area contributed by atoms with Gasteiger partial charge in [-0.1, -0.05) is 18.2 Å². The van der Waals surface area contributed by atoms with Gasteiger partial charge >= 0.3 is 5.97 Å². The predicted octanol–water partition coefficient (Wildman–Crippen LogP) is 2.54. The van der Waals surface area contributed by atoms with Gasteiger partial charge in [0.1, 0.15) is 0 Å². The average molecular weight is 202 g/mol. The Balaban J connectivity index is 2.04. The quantitative estimate of drug-likeness (QED) is 0.692. The lowest BCUT2D eigenvalue weighted by molar-refractivity contribution is 0.0615. The molecule has 2 rings (SSSR count). The summed E-state index contributed by atoms with van der Waals surface area (Å²) in [5.41, 5.74) is 0.513. The molecule has 0 radical (unpaired) electrons. The summed E-state index contributed by atoms with van der Waals surface area (Å²) in [4.78, 5) is 11.5. The SMILES string of the molecule is O=C(OC1=CCCN=N1)c1ccccc1. The third-order valence-corrected chi connectivity index (χ3v) is 1.92. The van der Waals surface area contributed by atoms with Crippen LogP contribution >= 0.6 is 0 Å². The van der Waals surface area contributed by atoms with Gasteiger partial charge in [-0.2, -0.15) is 5.11 Å². The molecule has 1 aromatic carbocycles. The van der Waals surface area contributed by atoms with E-state index < -0.39 is 5.97 Å². The number of rotatable bonds is 2. The van der Waals surface area contributed by atoms with Crippen LogP contribution < -0.4 is 0 Å². The Morgan fingerprint density at radius 1 is 1.27 bits per heavy atom. The van der Waals surface area contributed by atoms with Crippen LogP contribution in [0, 0.1) is 0 Å². The van der Waals surface area contributed by atoms with Crippen molar-refractivity contribution in [2.75, 3.05) is 6.54 Å². The largest absolute Gasteiger partial charge is 0.403 e. The van der Waals surface area contributed by atoms with Gasteiger partial charge < -0.3 is 4.74 Å². The summed E-state index contributed by atoms with van der Waals surface area (Å²) < 4.78 is 5.04. The van der Waals surface area contributed by atoms with E-state index in [0.29, 0.717) is 12.1 Å². The average Bonchev–Trinajstić information content (AvgIpc) is 2.31. The molecule has 4 heteroatoms. The third kappa shape index (κ3) is 2.49. The molecule has 0 saturated heterocycles. The fourth-order valence-corrected chi connectivity index (χ4v) is 1.20. The van der Waals surface area contributed by atoms with E-state index >= 15 is 0 Å². The van der Waals surface area contributed by atoms with Crippen molar-refractivity contribution < 1.29 is 9.53 Å². The van der Waals surface area contributed by atoms with Crippen LogP contribution in [0.15, 0.2) is 52.5 Å². The van der Waals surface area contributed by atoms with Gasteiger partial charge in [-0.3, -0.25) is 0 Å². The van der Waals surface area contributed by atoms with E-state index in [1.807, 2.05) is 6.07 Å². The highest BCUT2D eigenvalue weighted by molar-refractivity contribution is 5.89. The van der Waals surface area contributed by atoms with Gasteiger partial charge in [0, 0.05) is 0 Å². The Kier molecular flexibility index (Phi) is 2.88. The molecule has 4 nitrogen and oxygen atoms in total. The lowest BCUT2D eigenvalue weighted by atomic mass is 10.2. The maximum absolute atomic E-state index is 11.5. The molecule has 15 heavy (non-hydrogen) atoms. The van der Waals surface area contributed by atoms with Crippen molar-refractivity contribution in [2.24, 2.45) is 10.2 Å². The molecule has 1 aliphatic heterocycles. The fourth-order valence-electron chi connectivity index (χ4n) is 1.20. The zero-order valence-electron chi connectivity index (χ0n) is 8.09. The second-order valence-corrected chi connectivity index (χ2v) is 3.05. The number of benzene rings is 1. The first-order valence-corrected chi connectivity index (χ1v) is 4.71. The second kappa shape index (κ2) is 4.50. The summed E-state index contributed by atoms with van der Waals surface area (Å²) in [6.45, 7) is 0.659. The first-order valence-electron chi connectivity index (χ1n) is 4.71. The minimum atomic E-state index is -0.400. The second-order valence-electron chi connectivity index (χ2n) is 3.05. The van der Waals surface area contributed by atoms with Gasteiger partial charge in [0.15, 0.2) is 0 Å². The van der Waals surface area contributed by atoms with E-state index in [0.717, 1.165) is 6.42 Å². The number of ether oxygens (including phenoxy) is 1. The van der Waals surface area contributed by atoms with Crippen LogP contribution in [0.25, 0.3) is 0 Å². The minimum absolute atomic E-state index is 0.287. The van der Waals surface area contributed by atoms with Crippen molar-refractivity contribution in [1.29, 1.82) is 0 Å². The summed E-state index contributed by atoms with van der Waals surface area (Å²) in [6.07, 6.45) is 2.52. The minimum Gasteiger partial charge on any atom is -0.403 e. The standard InChI is InChI=1S/C11H10N2O2/c14-11(9-5-2-1-3-6-9)15-10-7-4-8-12-13-10/h1-3,5-7H,4,8H2. The van der Waals surface area contributed by atoms with Crippen LogP contribution in [-0.2, 0) is 4.74 Å². The van der Waals surface area contributed by atoms with Crippen molar-refractivity contribution in [3.8, 4) is 0 Å². The van der Waals surface area contributed by atoms with E-state index in [-0.39, 0.29) is 5.88 Å². The molecule has 0 N–H and O–H groups in total. The van der Waals surface area contributed by atoms with Crippen LogP contribution in [0.3, 0.4) is 0 Å². The van der Waals surface area contributed by atoms with Gasteiger partial charge in [0.2, 0.25) is 5.88 Å². The Bertz CT molecular complexity index is 410. The number of carbonyl (C=O) groups excluding carboxylic acids is 1. The highest BCUT2D eigenvalue weighted by atomic mass is 16.5. The summed E-state index contributed by atoms with van der Waals surface area (Å²) in [7, 11) is 0. The molecule has 0 saturated carbocycles. The third-order valence-electron chi connectivity index (χ3n) is 1.92. The Morgan fingerprint density at radius 2 is 2.07 bits per heavy atom. The molecule has 0 atom stereocenters. The molecule has 0 bridgehead atoms. The van der Waals surface area contributed by atoms with Gasteiger partial charge in [-0.15, -0.1) is 5.11 Å². The van der Waals surface area contributed by atoms with E-state index in [2.05, 4.69) is 10.2 Å². The molecular formula is C11H10N2O2. The number of azo groups is 1. The lowest BCUT2D eigenvalue weighted by Crippen LogP contribution is -2.05. The van der Waals surface area contributed by atoms with Crippen molar-refractivity contribution in [1.82, 2.24) is 0 Å². The molecule has 0 fully saturated rings. The number of hydrogen-bond acceptors (Lipinski definition) is 4. The molecule has 1 aromatic rings. The van der Waals surface area contributed by atoms with E-state index in [4.69, 9.17) is 4.74 Å². The zero-order valence-corrected chi connectivity index (χ0v) is 8.09.